The van der Waals surface area contributed by atoms with Crippen LogP contribution in [0.2, 0.25) is 5.15 Å². The monoisotopic (exact) mass is 280 g/mol. The largest absolute Gasteiger partial charge is 0.396 e. The van der Waals surface area contributed by atoms with Crippen molar-refractivity contribution in [1.29, 1.82) is 0 Å². The molecule has 1 amide bonds. The Labute approximate surface area is 117 Å². The van der Waals surface area contributed by atoms with E-state index in [9.17, 15) is 4.79 Å². The summed E-state index contributed by atoms with van der Waals surface area (Å²) in [6, 6.07) is 3.56. The number of aromatic nitrogens is 1. The standard InChI is InChI=1S/C14H17ClN2O2/c15-13-5-1-10(9-16-13)2-6-14(19)17-12(7-8-18)11-3-4-11/h1-2,5-6,9,11-12,18H,3-4,7-8H2,(H,17,19)/b6-2+. The number of nitrogens with zero attached hydrogens (tertiary/aromatic N) is 1. The summed E-state index contributed by atoms with van der Waals surface area (Å²) < 4.78 is 0. The van der Waals surface area contributed by atoms with Crippen molar-refractivity contribution < 1.29 is 9.90 Å². The minimum absolute atomic E-state index is 0.0884. The molecular weight excluding hydrogens is 264 g/mol. The summed E-state index contributed by atoms with van der Waals surface area (Å²) >= 11 is 5.68. The van der Waals surface area contributed by atoms with Crippen LogP contribution in [-0.4, -0.2) is 28.6 Å². The van der Waals surface area contributed by atoms with Gasteiger partial charge >= 0.3 is 0 Å². The van der Waals surface area contributed by atoms with Crippen LogP contribution in [0.5, 0.6) is 0 Å². The number of rotatable bonds is 6. The zero-order valence-electron chi connectivity index (χ0n) is 10.6. The van der Waals surface area contributed by atoms with Crippen LogP contribution in [0.15, 0.2) is 24.4 Å². The van der Waals surface area contributed by atoms with Crippen molar-refractivity contribution in [1.82, 2.24) is 10.3 Å². The van der Waals surface area contributed by atoms with Gasteiger partial charge in [-0.2, -0.15) is 0 Å². The van der Waals surface area contributed by atoms with Crippen molar-refractivity contribution in [3.63, 3.8) is 0 Å². The number of amides is 1. The van der Waals surface area contributed by atoms with Crippen LogP contribution in [0.4, 0.5) is 0 Å². The van der Waals surface area contributed by atoms with Crippen molar-refractivity contribution in [2.45, 2.75) is 25.3 Å². The Morgan fingerprint density at radius 3 is 2.95 bits per heavy atom. The Morgan fingerprint density at radius 2 is 2.37 bits per heavy atom. The fraction of sp³-hybridized carbons (Fsp3) is 0.429. The van der Waals surface area contributed by atoms with E-state index in [1.54, 1.807) is 24.4 Å². The molecule has 1 aromatic rings. The van der Waals surface area contributed by atoms with Crippen LogP contribution < -0.4 is 5.32 Å². The molecule has 2 rings (SSSR count). The Kier molecular flexibility index (Phi) is 4.93. The van der Waals surface area contributed by atoms with Gasteiger partial charge in [0.15, 0.2) is 0 Å². The maximum absolute atomic E-state index is 11.8. The lowest BCUT2D eigenvalue weighted by Crippen LogP contribution is -2.36. The zero-order valence-corrected chi connectivity index (χ0v) is 11.3. The number of carbonyl (C=O) groups is 1. The molecule has 1 aliphatic rings. The van der Waals surface area contributed by atoms with Crippen molar-refractivity contribution >= 4 is 23.6 Å². The van der Waals surface area contributed by atoms with Crippen LogP contribution in [0, 0.1) is 5.92 Å². The number of nitrogens with one attached hydrogen (secondary N) is 1. The van der Waals surface area contributed by atoms with Gasteiger partial charge in [-0.3, -0.25) is 4.79 Å². The lowest BCUT2D eigenvalue weighted by Gasteiger charge is -2.15. The van der Waals surface area contributed by atoms with E-state index < -0.39 is 0 Å². The summed E-state index contributed by atoms with van der Waals surface area (Å²) in [5.41, 5.74) is 0.824. The van der Waals surface area contributed by atoms with Gasteiger partial charge in [0, 0.05) is 24.9 Å². The number of aliphatic hydroxyl groups excluding tert-OH is 1. The Bertz CT molecular complexity index is 455. The van der Waals surface area contributed by atoms with Crippen molar-refractivity contribution in [2.75, 3.05) is 6.61 Å². The Balaban J connectivity index is 1.87. The molecule has 2 N–H and O–H groups in total. The number of aliphatic hydroxyl groups is 1. The number of halogens is 1. The second kappa shape index (κ2) is 6.68. The third-order valence-electron chi connectivity index (χ3n) is 3.14. The normalized spacial score (nSPS) is 16.5. The van der Waals surface area contributed by atoms with Crippen LogP contribution in [0.25, 0.3) is 6.08 Å². The SMILES string of the molecule is O=C(/C=C/c1ccc(Cl)nc1)NC(CCO)C1CC1. The minimum atomic E-state index is -0.139. The summed E-state index contributed by atoms with van der Waals surface area (Å²) in [6.45, 7) is 0.103. The summed E-state index contributed by atoms with van der Waals surface area (Å²) in [5, 5.41) is 12.3. The highest BCUT2D eigenvalue weighted by molar-refractivity contribution is 6.29. The summed E-state index contributed by atoms with van der Waals surface area (Å²) in [5.74, 6) is 0.391. The molecule has 1 saturated carbocycles. The second-order valence-electron chi connectivity index (χ2n) is 4.71. The maximum Gasteiger partial charge on any atom is 0.244 e. The second-order valence-corrected chi connectivity index (χ2v) is 5.10. The molecule has 0 aliphatic heterocycles. The van der Waals surface area contributed by atoms with Gasteiger partial charge in [0.25, 0.3) is 0 Å². The smallest absolute Gasteiger partial charge is 0.244 e. The van der Waals surface area contributed by atoms with E-state index in [-0.39, 0.29) is 18.6 Å². The van der Waals surface area contributed by atoms with E-state index in [1.807, 2.05) is 0 Å². The molecule has 1 aromatic heterocycles. The summed E-state index contributed by atoms with van der Waals surface area (Å²) in [7, 11) is 0. The average molecular weight is 281 g/mol. The van der Waals surface area contributed by atoms with Gasteiger partial charge in [0.1, 0.15) is 5.15 Å². The fourth-order valence-corrected chi connectivity index (χ4v) is 2.06. The number of hydrogen-bond donors (Lipinski definition) is 2. The van der Waals surface area contributed by atoms with Gasteiger partial charge in [0.05, 0.1) is 0 Å². The topological polar surface area (TPSA) is 62.2 Å². The number of hydrogen-bond acceptors (Lipinski definition) is 3. The molecule has 0 saturated heterocycles. The summed E-state index contributed by atoms with van der Waals surface area (Å²) in [4.78, 5) is 15.7. The molecule has 1 aliphatic carbocycles. The molecular formula is C14H17ClN2O2. The first kappa shape index (κ1) is 14.0. The van der Waals surface area contributed by atoms with Gasteiger partial charge in [-0.05, 0) is 42.9 Å². The van der Waals surface area contributed by atoms with E-state index in [2.05, 4.69) is 10.3 Å². The van der Waals surface area contributed by atoms with Crippen molar-refractivity contribution in [3.05, 3.63) is 35.1 Å². The molecule has 102 valence electrons. The molecule has 19 heavy (non-hydrogen) atoms. The highest BCUT2D eigenvalue weighted by atomic mass is 35.5. The highest BCUT2D eigenvalue weighted by Gasteiger charge is 2.31. The van der Waals surface area contributed by atoms with Crippen molar-refractivity contribution in [2.24, 2.45) is 5.92 Å². The van der Waals surface area contributed by atoms with Crippen LogP contribution in [0.3, 0.4) is 0 Å². The maximum atomic E-state index is 11.8. The zero-order chi connectivity index (χ0) is 13.7. The Hall–Kier alpha value is -1.39. The van der Waals surface area contributed by atoms with Crippen LogP contribution in [-0.2, 0) is 4.79 Å². The molecule has 1 fully saturated rings. The van der Waals surface area contributed by atoms with Crippen LogP contribution >= 0.6 is 11.6 Å². The predicted molar refractivity (Wildman–Crippen MR) is 74.6 cm³/mol. The molecule has 0 spiro atoms. The van der Waals surface area contributed by atoms with Crippen molar-refractivity contribution in [3.8, 4) is 0 Å². The van der Waals surface area contributed by atoms with E-state index >= 15 is 0 Å². The highest BCUT2D eigenvalue weighted by Crippen LogP contribution is 2.33. The lowest BCUT2D eigenvalue weighted by molar-refractivity contribution is -0.117. The molecule has 4 nitrogen and oxygen atoms in total. The quantitative estimate of drug-likeness (QED) is 0.619. The van der Waals surface area contributed by atoms with Gasteiger partial charge < -0.3 is 10.4 Å². The third-order valence-corrected chi connectivity index (χ3v) is 3.36. The minimum Gasteiger partial charge on any atom is -0.396 e. The fourth-order valence-electron chi connectivity index (χ4n) is 1.95. The Morgan fingerprint density at radius 1 is 1.58 bits per heavy atom. The third kappa shape index (κ3) is 4.65. The lowest BCUT2D eigenvalue weighted by atomic mass is 10.1. The molecule has 1 atom stereocenters. The molecule has 1 heterocycles. The van der Waals surface area contributed by atoms with E-state index in [4.69, 9.17) is 16.7 Å². The van der Waals surface area contributed by atoms with Gasteiger partial charge in [0.2, 0.25) is 5.91 Å². The first-order valence-electron chi connectivity index (χ1n) is 6.40. The number of carbonyl (C=O) groups excluding carboxylic acids is 1. The van der Waals surface area contributed by atoms with E-state index in [0.717, 1.165) is 18.4 Å². The molecule has 5 heteroatoms. The van der Waals surface area contributed by atoms with E-state index in [0.29, 0.717) is 17.5 Å². The summed E-state index contributed by atoms with van der Waals surface area (Å²) in [6.07, 6.45) is 7.68. The molecule has 0 aromatic carbocycles. The van der Waals surface area contributed by atoms with Crippen LogP contribution in [0.1, 0.15) is 24.8 Å². The molecule has 0 radical (unpaired) electrons. The average Bonchev–Trinajstić information content (AvgIpc) is 3.22. The van der Waals surface area contributed by atoms with E-state index in [1.165, 1.54) is 6.08 Å². The van der Waals surface area contributed by atoms with Gasteiger partial charge in [-0.1, -0.05) is 17.7 Å². The first-order valence-corrected chi connectivity index (χ1v) is 6.78. The number of pyridine rings is 1. The van der Waals surface area contributed by atoms with Gasteiger partial charge in [-0.25, -0.2) is 4.98 Å². The molecule has 0 bridgehead atoms. The molecule has 1 unspecified atom stereocenters. The van der Waals surface area contributed by atoms with Gasteiger partial charge in [-0.15, -0.1) is 0 Å². The first-order chi connectivity index (χ1) is 9.19. The predicted octanol–water partition coefficient (Wildman–Crippen LogP) is 2.03.